The SMILES string of the molecule is CCCCCCCC/C=C\CCCCCCCC(=O)OCCCCCCCCCCCCCC/C=C\CCCCCCCCCCC(=O)NC(CO)C(O)CCCCCCCCCCCCCCCCC. The fourth-order valence-corrected chi connectivity index (χ4v) is 10.0. The average Bonchev–Trinajstić information content (AvgIpc) is 3.37. The van der Waals surface area contributed by atoms with Crippen LogP contribution < -0.4 is 5.32 Å². The first-order valence-corrected chi connectivity index (χ1v) is 32.1. The average molecular weight is 1000 g/mol. The Labute approximate surface area is 443 Å². The highest BCUT2D eigenvalue weighted by Gasteiger charge is 2.20. The normalized spacial score (nSPS) is 12.7. The molecule has 0 aromatic heterocycles. The topological polar surface area (TPSA) is 95.9 Å². The Morgan fingerprint density at radius 3 is 1.00 bits per heavy atom. The molecule has 2 unspecified atom stereocenters. The number of esters is 1. The summed E-state index contributed by atoms with van der Waals surface area (Å²) in [5, 5.41) is 23.3. The number of nitrogens with one attached hydrogen (secondary N) is 1. The Hall–Kier alpha value is -1.66. The van der Waals surface area contributed by atoms with Gasteiger partial charge in [-0.1, -0.05) is 289 Å². The number of aliphatic hydroxyl groups excluding tert-OH is 2. The van der Waals surface area contributed by atoms with Crippen molar-refractivity contribution >= 4 is 11.9 Å². The van der Waals surface area contributed by atoms with Crippen LogP contribution in [0.4, 0.5) is 0 Å². The van der Waals surface area contributed by atoms with Gasteiger partial charge in [0.25, 0.3) is 0 Å². The molecule has 71 heavy (non-hydrogen) atoms. The third kappa shape index (κ3) is 57.5. The van der Waals surface area contributed by atoms with E-state index in [9.17, 15) is 19.8 Å². The number of hydrogen-bond donors (Lipinski definition) is 3. The van der Waals surface area contributed by atoms with Gasteiger partial charge in [0.15, 0.2) is 0 Å². The Kier molecular flexibility index (Phi) is 59.5. The summed E-state index contributed by atoms with van der Waals surface area (Å²) in [5.74, 6) is -0.0325. The zero-order chi connectivity index (χ0) is 51.4. The van der Waals surface area contributed by atoms with Crippen molar-refractivity contribution in [2.75, 3.05) is 13.2 Å². The molecule has 6 heteroatoms. The van der Waals surface area contributed by atoms with E-state index in [0.717, 1.165) is 44.9 Å². The molecule has 0 aromatic rings. The molecule has 0 spiro atoms. The highest BCUT2D eigenvalue weighted by molar-refractivity contribution is 5.76. The van der Waals surface area contributed by atoms with Gasteiger partial charge in [-0.2, -0.15) is 0 Å². The molecular weight excluding hydrogens is 875 g/mol. The number of carbonyl (C=O) groups excluding carboxylic acids is 2. The largest absolute Gasteiger partial charge is 0.466 e. The molecule has 1 amide bonds. The molecule has 2 atom stereocenters. The fourth-order valence-electron chi connectivity index (χ4n) is 10.0. The van der Waals surface area contributed by atoms with Crippen LogP contribution in [0.15, 0.2) is 24.3 Å². The van der Waals surface area contributed by atoms with Gasteiger partial charge in [0, 0.05) is 12.8 Å². The second-order valence-electron chi connectivity index (χ2n) is 22.1. The summed E-state index contributed by atoms with van der Waals surface area (Å²) >= 11 is 0. The number of amides is 1. The number of hydrogen-bond acceptors (Lipinski definition) is 5. The Morgan fingerprint density at radius 2 is 0.662 bits per heavy atom. The summed E-state index contributed by atoms with van der Waals surface area (Å²) in [7, 11) is 0. The van der Waals surface area contributed by atoms with Crippen molar-refractivity contribution in [3.63, 3.8) is 0 Å². The lowest BCUT2D eigenvalue weighted by Crippen LogP contribution is -2.45. The summed E-state index contributed by atoms with van der Waals surface area (Å²) in [5.41, 5.74) is 0. The van der Waals surface area contributed by atoms with E-state index in [0.29, 0.717) is 25.9 Å². The predicted molar refractivity (Wildman–Crippen MR) is 310 cm³/mol. The molecule has 0 radical (unpaired) electrons. The zero-order valence-corrected chi connectivity index (χ0v) is 48.0. The first-order chi connectivity index (χ1) is 35.0. The monoisotopic (exact) mass is 1000 g/mol. The van der Waals surface area contributed by atoms with Crippen LogP contribution in [0.3, 0.4) is 0 Å². The van der Waals surface area contributed by atoms with E-state index >= 15 is 0 Å². The molecule has 0 bridgehead atoms. The minimum absolute atomic E-state index is 0.00505. The van der Waals surface area contributed by atoms with Crippen LogP contribution in [0.1, 0.15) is 354 Å². The molecule has 0 aliphatic heterocycles. The van der Waals surface area contributed by atoms with Gasteiger partial charge in [0.2, 0.25) is 5.91 Å². The Morgan fingerprint density at radius 1 is 0.380 bits per heavy atom. The summed E-state index contributed by atoms with van der Waals surface area (Å²) < 4.78 is 5.48. The highest BCUT2D eigenvalue weighted by Crippen LogP contribution is 2.18. The lowest BCUT2D eigenvalue weighted by Gasteiger charge is -2.22. The van der Waals surface area contributed by atoms with Crippen LogP contribution in [0.25, 0.3) is 0 Å². The molecule has 420 valence electrons. The van der Waals surface area contributed by atoms with Gasteiger partial charge in [-0.25, -0.2) is 0 Å². The van der Waals surface area contributed by atoms with Gasteiger partial charge < -0.3 is 20.3 Å². The second kappa shape index (κ2) is 60.9. The van der Waals surface area contributed by atoms with Gasteiger partial charge in [0.05, 0.1) is 25.4 Å². The maximum absolute atomic E-state index is 12.5. The third-order valence-corrected chi connectivity index (χ3v) is 15.0. The van der Waals surface area contributed by atoms with Crippen molar-refractivity contribution in [1.29, 1.82) is 0 Å². The van der Waals surface area contributed by atoms with Crippen LogP contribution in [0.2, 0.25) is 0 Å². The fraction of sp³-hybridized carbons (Fsp3) is 0.908. The first kappa shape index (κ1) is 69.3. The zero-order valence-electron chi connectivity index (χ0n) is 48.0. The standard InChI is InChI=1S/C65H125NO5/c1-3-5-7-9-11-13-15-17-29-33-37-41-45-49-53-57-63(68)62(61-67)66-64(69)58-54-50-46-42-38-34-31-27-25-23-21-19-20-22-24-26-28-32-36-40-44-48-52-56-60-71-65(70)59-55-51-47-43-39-35-30-18-16-14-12-10-8-6-4-2/h18,21,23,30,62-63,67-68H,3-17,19-20,22,24-29,31-61H2,1-2H3,(H,66,69)/b23-21-,30-18-. The number of ether oxygens (including phenoxy) is 1. The molecule has 0 saturated heterocycles. The van der Waals surface area contributed by atoms with Crippen molar-refractivity contribution in [3.8, 4) is 0 Å². The molecule has 3 N–H and O–H groups in total. The van der Waals surface area contributed by atoms with Crippen LogP contribution in [0.5, 0.6) is 0 Å². The maximum atomic E-state index is 12.5. The summed E-state index contributed by atoms with van der Waals surface area (Å²) in [6, 6.07) is -0.544. The lowest BCUT2D eigenvalue weighted by molar-refractivity contribution is -0.143. The van der Waals surface area contributed by atoms with E-state index in [1.54, 1.807) is 0 Å². The van der Waals surface area contributed by atoms with Crippen molar-refractivity contribution in [2.45, 2.75) is 366 Å². The number of allylic oxidation sites excluding steroid dienone is 4. The van der Waals surface area contributed by atoms with Crippen molar-refractivity contribution in [3.05, 3.63) is 24.3 Å². The van der Waals surface area contributed by atoms with Crippen LogP contribution in [-0.2, 0) is 14.3 Å². The minimum Gasteiger partial charge on any atom is -0.466 e. The summed E-state index contributed by atoms with van der Waals surface area (Å²) in [6.45, 7) is 4.96. The van der Waals surface area contributed by atoms with E-state index in [4.69, 9.17) is 4.74 Å². The maximum Gasteiger partial charge on any atom is 0.305 e. The lowest BCUT2D eigenvalue weighted by atomic mass is 10.0. The number of rotatable bonds is 60. The Balaban J connectivity index is 3.40. The van der Waals surface area contributed by atoms with Crippen molar-refractivity contribution in [1.82, 2.24) is 5.32 Å². The van der Waals surface area contributed by atoms with Crippen molar-refractivity contribution in [2.24, 2.45) is 0 Å². The minimum atomic E-state index is -0.667. The van der Waals surface area contributed by atoms with E-state index in [1.807, 2.05) is 0 Å². The Bertz CT molecular complexity index is 1110. The molecule has 0 fully saturated rings. The predicted octanol–water partition coefficient (Wildman–Crippen LogP) is 20.2. The van der Waals surface area contributed by atoms with E-state index in [1.165, 1.54) is 276 Å². The first-order valence-electron chi connectivity index (χ1n) is 32.1. The van der Waals surface area contributed by atoms with Gasteiger partial charge in [0.1, 0.15) is 0 Å². The number of aliphatic hydroxyl groups is 2. The van der Waals surface area contributed by atoms with Gasteiger partial charge in [-0.05, 0) is 77.0 Å². The summed E-state index contributed by atoms with van der Waals surface area (Å²) in [6.07, 6.45) is 74.8. The van der Waals surface area contributed by atoms with Gasteiger partial charge in [-0.15, -0.1) is 0 Å². The molecule has 0 aliphatic rings. The third-order valence-electron chi connectivity index (χ3n) is 15.0. The van der Waals surface area contributed by atoms with Crippen molar-refractivity contribution < 1.29 is 24.5 Å². The molecule has 6 nitrogen and oxygen atoms in total. The van der Waals surface area contributed by atoms with Crippen LogP contribution in [-0.4, -0.2) is 47.4 Å². The molecule has 0 aliphatic carbocycles. The van der Waals surface area contributed by atoms with E-state index in [-0.39, 0.29) is 18.5 Å². The quantitative estimate of drug-likeness (QED) is 0.0320. The van der Waals surface area contributed by atoms with Gasteiger partial charge in [-0.3, -0.25) is 9.59 Å². The number of unbranched alkanes of at least 4 members (excludes halogenated alkanes) is 45. The number of carbonyl (C=O) groups is 2. The van der Waals surface area contributed by atoms with E-state index < -0.39 is 12.1 Å². The van der Waals surface area contributed by atoms with Crippen LogP contribution >= 0.6 is 0 Å². The van der Waals surface area contributed by atoms with E-state index in [2.05, 4.69) is 43.5 Å². The highest BCUT2D eigenvalue weighted by atomic mass is 16.5. The summed E-state index contributed by atoms with van der Waals surface area (Å²) in [4.78, 5) is 24.5. The second-order valence-corrected chi connectivity index (χ2v) is 22.1. The molecule has 0 rings (SSSR count). The molecule has 0 aromatic carbocycles. The van der Waals surface area contributed by atoms with Crippen LogP contribution in [0, 0.1) is 0 Å². The molecule has 0 saturated carbocycles. The molecular formula is C65H125NO5. The molecule has 0 heterocycles. The smallest absolute Gasteiger partial charge is 0.305 e. The van der Waals surface area contributed by atoms with Gasteiger partial charge >= 0.3 is 5.97 Å².